The van der Waals surface area contributed by atoms with E-state index in [1.54, 1.807) is 24.3 Å². The predicted molar refractivity (Wildman–Crippen MR) is 62.4 cm³/mol. The molecule has 1 aromatic rings. The standard InChI is InChI=1S/C13H14N2O2/c14-7-10-2-1-3-12(6-10)13(16)15-8-11-4-5-17-9-11/h1-3,6,11H,4-5,8-9H2,(H,15,16). The van der Waals surface area contributed by atoms with Gasteiger partial charge in [-0.15, -0.1) is 0 Å². The van der Waals surface area contributed by atoms with Gasteiger partial charge in [0, 0.05) is 24.6 Å². The first-order chi connectivity index (χ1) is 8.29. The fourth-order valence-corrected chi connectivity index (χ4v) is 1.81. The van der Waals surface area contributed by atoms with Gasteiger partial charge in [0.2, 0.25) is 0 Å². The second-order valence-electron chi connectivity index (χ2n) is 4.13. The number of carbonyl (C=O) groups excluding carboxylic acids is 1. The maximum atomic E-state index is 11.8. The molecule has 1 aliphatic heterocycles. The van der Waals surface area contributed by atoms with Crippen molar-refractivity contribution >= 4 is 5.91 Å². The molecule has 0 bridgehead atoms. The number of nitrogens with one attached hydrogen (secondary N) is 1. The van der Waals surface area contributed by atoms with Crippen LogP contribution in [0.4, 0.5) is 0 Å². The van der Waals surface area contributed by atoms with Crippen LogP contribution in [0.15, 0.2) is 24.3 Å². The van der Waals surface area contributed by atoms with Gasteiger partial charge in [-0.1, -0.05) is 6.07 Å². The lowest BCUT2D eigenvalue weighted by Crippen LogP contribution is -2.29. The Morgan fingerprint density at radius 1 is 1.59 bits per heavy atom. The van der Waals surface area contributed by atoms with E-state index in [0.717, 1.165) is 19.6 Å². The molecule has 0 aliphatic carbocycles. The van der Waals surface area contributed by atoms with Crippen LogP contribution in [0.25, 0.3) is 0 Å². The SMILES string of the molecule is N#Cc1cccc(C(=O)NCC2CCOC2)c1. The highest BCUT2D eigenvalue weighted by Crippen LogP contribution is 2.11. The number of hydrogen-bond donors (Lipinski definition) is 1. The van der Waals surface area contributed by atoms with Crippen molar-refractivity contribution in [1.29, 1.82) is 5.26 Å². The lowest BCUT2D eigenvalue weighted by molar-refractivity contribution is 0.0945. The Labute approximate surface area is 100 Å². The molecule has 0 aromatic heterocycles. The number of ether oxygens (including phenoxy) is 1. The Balaban J connectivity index is 1.92. The minimum absolute atomic E-state index is 0.131. The fourth-order valence-electron chi connectivity index (χ4n) is 1.81. The van der Waals surface area contributed by atoms with Crippen LogP contribution in [-0.2, 0) is 4.74 Å². The molecule has 88 valence electrons. The molecule has 1 atom stereocenters. The molecule has 1 aliphatic rings. The van der Waals surface area contributed by atoms with Gasteiger partial charge < -0.3 is 10.1 Å². The number of amides is 1. The number of benzene rings is 1. The van der Waals surface area contributed by atoms with Crippen LogP contribution in [0.3, 0.4) is 0 Å². The zero-order valence-electron chi connectivity index (χ0n) is 9.48. The summed E-state index contributed by atoms with van der Waals surface area (Å²) in [5.74, 6) is 0.284. The molecular formula is C13H14N2O2. The van der Waals surface area contributed by atoms with Gasteiger partial charge in [0.15, 0.2) is 0 Å². The van der Waals surface area contributed by atoms with Crippen LogP contribution in [0, 0.1) is 17.2 Å². The smallest absolute Gasteiger partial charge is 0.251 e. The first-order valence-corrected chi connectivity index (χ1v) is 5.65. The van der Waals surface area contributed by atoms with Crippen LogP contribution in [0.1, 0.15) is 22.3 Å². The average molecular weight is 230 g/mol. The monoisotopic (exact) mass is 230 g/mol. The summed E-state index contributed by atoms with van der Waals surface area (Å²) >= 11 is 0. The molecule has 0 saturated carbocycles. The normalized spacial score (nSPS) is 18.6. The number of nitriles is 1. The topological polar surface area (TPSA) is 62.1 Å². The van der Waals surface area contributed by atoms with Gasteiger partial charge in [0.1, 0.15) is 0 Å². The number of hydrogen-bond acceptors (Lipinski definition) is 3. The molecule has 17 heavy (non-hydrogen) atoms. The zero-order valence-corrected chi connectivity index (χ0v) is 9.48. The molecule has 1 amide bonds. The molecular weight excluding hydrogens is 216 g/mol. The predicted octanol–water partition coefficient (Wildman–Crippen LogP) is 1.32. The molecule has 1 saturated heterocycles. The summed E-state index contributed by atoms with van der Waals surface area (Å²) in [5, 5.41) is 11.6. The first-order valence-electron chi connectivity index (χ1n) is 5.65. The van der Waals surface area contributed by atoms with Crippen molar-refractivity contribution in [3.05, 3.63) is 35.4 Å². The van der Waals surface area contributed by atoms with Gasteiger partial charge in [0.05, 0.1) is 18.2 Å². The molecule has 1 N–H and O–H groups in total. The lowest BCUT2D eigenvalue weighted by atomic mass is 10.1. The van der Waals surface area contributed by atoms with E-state index in [1.165, 1.54) is 0 Å². The first kappa shape index (κ1) is 11.6. The van der Waals surface area contributed by atoms with Gasteiger partial charge in [-0.05, 0) is 24.6 Å². The van der Waals surface area contributed by atoms with Gasteiger partial charge in [-0.2, -0.15) is 5.26 Å². The highest BCUT2D eigenvalue weighted by molar-refractivity contribution is 5.94. The van der Waals surface area contributed by atoms with Crippen LogP contribution in [0.2, 0.25) is 0 Å². The second-order valence-corrected chi connectivity index (χ2v) is 4.13. The minimum Gasteiger partial charge on any atom is -0.381 e. The largest absolute Gasteiger partial charge is 0.381 e. The Bertz CT molecular complexity index is 445. The fraction of sp³-hybridized carbons (Fsp3) is 0.385. The summed E-state index contributed by atoms with van der Waals surface area (Å²) in [6, 6.07) is 8.72. The van der Waals surface area contributed by atoms with Gasteiger partial charge >= 0.3 is 0 Å². The van der Waals surface area contributed by atoms with E-state index in [2.05, 4.69) is 5.32 Å². The summed E-state index contributed by atoms with van der Waals surface area (Å²) in [6.07, 6.45) is 0.999. The molecule has 1 fully saturated rings. The summed E-state index contributed by atoms with van der Waals surface area (Å²) in [6.45, 7) is 2.14. The van der Waals surface area contributed by atoms with E-state index in [4.69, 9.17) is 10.00 Å². The molecule has 1 aromatic carbocycles. The number of nitrogens with zero attached hydrogens (tertiary/aromatic N) is 1. The third-order valence-electron chi connectivity index (χ3n) is 2.83. The molecule has 1 unspecified atom stereocenters. The zero-order chi connectivity index (χ0) is 12.1. The van der Waals surface area contributed by atoms with Crippen molar-refractivity contribution in [2.45, 2.75) is 6.42 Å². The van der Waals surface area contributed by atoms with Crippen molar-refractivity contribution in [3.8, 4) is 6.07 Å². The maximum Gasteiger partial charge on any atom is 0.251 e. The Kier molecular flexibility index (Phi) is 3.73. The van der Waals surface area contributed by atoms with E-state index in [0.29, 0.717) is 23.6 Å². The van der Waals surface area contributed by atoms with Crippen LogP contribution >= 0.6 is 0 Å². The molecule has 4 nitrogen and oxygen atoms in total. The van der Waals surface area contributed by atoms with E-state index < -0.39 is 0 Å². The highest BCUT2D eigenvalue weighted by Gasteiger charge is 2.16. The van der Waals surface area contributed by atoms with Crippen molar-refractivity contribution in [2.24, 2.45) is 5.92 Å². The van der Waals surface area contributed by atoms with Crippen molar-refractivity contribution in [3.63, 3.8) is 0 Å². The van der Waals surface area contributed by atoms with E-state index in [-0.39, 0.29) is 5.91 Å². The Morgan fingerprint density at radius 2 is 2.47 bits per heavy atom. The van der Waals surface area contributed by atoms with Crippen molar-refractivity contribution in [2.75, 3.05) is 19.8 Å². The Morgan fingerprint density at radius 3 is 3.18 bits per heavy atom. The summed E-state index contributed by atoms with van der Waals surface area (Å²) in [4.78, 5) is 11.8. The average Bonchev–Trinajstić information content (AvgIpc) is 2.89. The highest BCUT2D eigenvalue weighted by atomic mass is 16.5. The third kappa shape index (κ3) is 3.05. The second kappa shape index (κ2) is 5.46. The van der Waals surface area contributed by atoms with Gasteiger partial charge in [-0.3, -0.25) is 4.79 Å². The van der Waals surface area contributed by atoms with E-state index in [1.807, 2.05) is 6.07 Å². The number of carbonyl (C=O) groups is 1. The summed E-state index contributed by atoms with van der Waals surface area (Å²) in [5.41, 5.74) is 1.03. The van der Waals surface area contributed by atoms with Gasteiger partial charge in [0.25, 0.3) is 5.91 Å². The quantitative estimate of drug-likeness (QED) is 0.852. The molecule has 0 radical (unpaired) electrons. The summed E-state index contributed by atoms with van der Waals surface area (Å²) in [7, 11) is 0. The molecule has 2 rings (SSSR count). The van der Waals surface area contributed by atoms with Crippen LogP contribution in [-0.4, -0.2) is 25.7 Å². The van der Waals surface area contributed by atoms with Crippen molar-refractivity contribution < 1.29 is 9.53 Å². The molecule has 4 heteroatoms. The van der Waals surface area contributed by atoms with E-state index in [9.17, 15) is 4.79 Å². The van der Waals surface area contributed by atoms with Crippen molar-refractivity contribution in [1.82, 2.24) is 5.32 Å². The molecule has 1 heterocycles. The third-order valence-corrected chi connectivity index (χ3v) is 2.83. The van der Waals surface area contributed by atoms with E-state index >= 15 is 0 Å². The minimum atomic E-state index is -0.131. The Hall–Kier alpha value is -1.86. The molecule has 0 spiro atoms. The lowest BCUT2D eigenvalue weighted by Gasteiger charge is -2.09. The van der Waals surface area contributed by atoms with Crippen LogP contribution in [0.5, 0.6) is 0 Å². The number of rotatable bonds is 3. The summed E-state index contributed by atoms with van der Waals surface area (Å²) < 4.78 is 5.24. The van der Waals surface area contributed by atoms with Gasteiger partial charge in [-0.25, -0.2) is 0 Å². The van der Waals surface area contributed by atoms with Crippen LogP contribution < -0.4 is 5.32 Å². The maximum absolute atomic E-state index is 11.8.